The summed E-state index contributed by atoms with van der Waals surface area (Å²) in [6.45, 7) is 4.48. The molecule has 1 aliphatic heterocycles. The van der Waals surface area contributed by atoms with Crippen molar-refractivity contribution in [1.82, 2.24) is 4.90 Å². The Hall–Kier alpha value is -1.10. The van der Waals surface area contributed by atoms with Crippen molar-refractivity contribution in [3.05, 3.63) is 29.3 Å². The minimum atomic E-state index is 0. The fourth-order valence-electron chi connectivity index (χ4n) is 3.72. The van der Waals surface area contributed by atoms with E-state index in [2.05, 4.69) is 29.3 Å². The van der Waals surface area contributed by atoms with E-state index >= 15 is 0 Å². The average molecular weight is 338 g/mol. The van der Waals surface area contributed by atoms with Gasteiger partial charge in [0.05, 0.1) is 6.54 Å². The summed E-state index contributed by atoms with van der Waals surface area (Å²) in [6.07, 6.45) is 5.87. The van der Waals surface area contributed by atoms with Crippen molar-refractivity contribution in [1.29, 1.82) is 0 Å². The third-order valence-electron chi connectivity index (χ3n) is 5.03. The van der Waals surface area contributed by atoms with Crippen LogP contribution in [-0.2, 0) is 17.6 Å². The Morgan fingerprint density at radius 2 is 2.13 bits per heavy atom. The number of hydrogen-bond donors (Lipinski definition) is 2. The highest BCUT2D eigenvalue weighted by Gasteiger charge is 2.24. The predicted molar refractivity (Wildman–Crippen MR) is 97.2 cm³/mol. The number of nitrogens with zero attached hydrogens (tertiary/aromatic N) is 1. The molecule has 1 heterocycles. The zero-order valence-electron chi connectivity index (χ0n) is 13.9. The van der Waals surface area contributed by atoms with E-state index in [1.807, 2.05) is 6.07 Å². The first-order valence-corrected chi connectivity index (χ1v) is 8.51. The van der Waals surface area contributed by atoms with Gasteiger partial charge in [-0.15, -0.1) is 12.4 Å². The van der Waals surface area contributed by atoms with Crippen LogP contribution in [0.3, 0.4) is 0 Å². The van der Waals surface area contributed by atoms with E-state index in [4.69, 9.17) is 5.73 Å². The molecule has 1 aliphatic carbocycles. The van der Waals surface area contributed by atoms with Gasteiger partial charge in [-0.25, -0.2) is 0 Å². The number of hydrogen-bond acceptors (Lipinski definition) is 3. The van der Waals surface area contributed by atoms with Crippen molar-refractivity contribution in [3.8, 4) is 0 Å². The molecular weight excluding hydrogens is 310 g/mol. The van der Waals surface area contributed by atoms with Crippen LogP contribution in [0.5, 0.6) is 0 Å². The van der Waals surface area contributed by atoms with Crippen molar-refractivity contribution in [2.75, 3.05) is 25.0 Å². The minimum Gasteiger partial charge on any atom is -0.328 e. The molecule has 3 rings (SSSR count). The average Bonchev–Trinajstić information content (AvgIpc) is 2.95. The summed E-state index contributed by atoms with van der Waals surface area (Å²) in [4.78, 5) is 14.5. The zero-order chi connectivity index (χ0) is 15.5. The molecule has 0 saturated carbocycles. The lowest BCUT2D eigenvalue weighted by Gasteiger charge is -2.34. The Morgan fingerprint density at radius 3 is 2.91 bits per heavy atom. The number of nitrogens with two attached hydrogens (primary N) is 1. The third kappa shape index (κ3) is 4.69. The number of piperidine rings is 1. The van der Waals surface area contributed by atoms with E-state index in [0.29, 0.717) is 12.5 Å². The number of likely N-dealkylation sites (tertiary alicyclic amines) is 1. The van der Waals surface area contributed by atoms with Crippen LogP contribution in [-0.4, -0.2) is 36.5 Å². The van der Waals surface area contributed by atoms with Crippen molar-refractivity contribution < 1.29 is 4.79 Å². The fraction of sp³-hybridized carbons (Fsp3) is 0.611. The van der Waals surface area contributed by atoms with Gasteiger partial charge in [0.2, 0.25) is 5.91 Å². The maximum Gasteiger partial charge on any atom is 0.238 e. The largest absolute Gasteiger partial charge is 0.328 e. The molecule has 4 nitrogen and oxygen atoms in total. The third-order valence-corrected chi connectivity index (χ3v) is 5.03. The molecule has 0 bridgehead atoms. The Morgan fingerprint density at radius 1 is 1.35 bits per heavy atom. The molecular formula is C18H28ClN3O. The van der Waals surface area contributed by atoms with Crippen LogP contribution in [0.25, 0.3) is 0 Å². The van der Waals surface area contributed by atoms with Crippen molar-refractivity contribution in [2.45, 2.75) is 45.1 Å². The molecule has 23 heavy (non-hydrogen) atoms. The molecule has 1 amide bonds. The molecule has 0 aromatic heterocycles. The van der Waals surface area contributed by atoms with Gasteiger partial charge < -0.3 is 11.1 Å². The summed E-state index contributed by atoms with van der Waals surface area (Å²) < 4.78 is 0. The van der Waals surface area contributed by atoms with Gasteiger partial charge in [-0.3, -0.25) is 9.69 Å². The van der Waals surface area contributed by atoms with Crippen LogP contribution in [0.2, 0.25) is 0 Å². The van der Waals surface area contributed by atoms with Crippen molar-refractivity contribution >= 4 is 24.0 Å². The van der Waals surface area contributed by atoms with Crippen LogP contribution in [0.4, 0.5) is 5.69 Å². The topological polar surface area (TPSA) is 58.4 Å². The smallest absolute Gasteiger partial charge is 0.238 e. The number of carbonyl (C=O) groups excluding carboxylic acids is 1. The standard InChI is InChI=1S/C18H27N3O.ClH/c1-13(19)16-6-3-9-21(11-16)12-18(22)20-17-8-7-14-4-2-5-15(14)10-17;/h7-8,10,13,16H,2-6,9,11-12,19H2,1H3,(H,20,22);1H. The molecule has 1 aromatic rings. The highest BCUT2D eigenvalue weighted by molar-refractivity contribution is 5.92. The first-order chi connectivity index (χ1) is 10.6. The molecule has 3 N–H and O–H groups in total. The van der Waals surface area contributed by atoms with Gasteiger partial charge in [-0.05, 0) is 74.8 Å². The van der Waals surface area contributed by atoms with Gasteiger partial charge in [0.15, 0.2) is 0 Å². The Bertz CT molecular complexity index is 547. The maximum atomic E-state index is 12.3. The fourth-order valence-corrected chi connectivity index (χ4v) is 3.72. The number of aryl methyl sites for hydroxylation is 2. The van der Waals surface area contributed by atoms with E-state index in [1.165, 1.54) is 30.4 Å². The number of rotatable bonds is 4. The van der Waals surface area contributed by atoms with Crippen LogP contribution in [0.1, 0.15) is 37.3 Å². The first-order valence-electron chi connectivity index (χ1n) is 8.51. The van der Waals surface area contributed by atoms with Gasteiger partial charge >= 0.3 is 0 Å². The van der Waals surface area contributed by atoms with Crippen molar-refractivity contribution in [2.24, 2.45) is 11.7 Å². The predicted octanol–water partition coefficient (Wildman–Crippen LogP) is 2.59. The van der Waals surface area contributed by atoms with E-state index < -0.39 is 0 Å². The van der Waals surface area contributed by atoms with Gasteiger partial charge in [0.25, 0.3) is 0 Å². The second-order valence-corrected chi connectivity index (χ2v) is 6.88. The lowest BCUT2D eigenvalue weighted by Crippen LogP contribution is -2.45. The molecule has 0 radical (unpaired) electrons. The monoisotopic (exact) mass is 337 g/mol. The molecule has 1 fully saturated rings. The second-order valence-electron chi connectivity index (χ2n) is 6.88. The normalized spacial score (nSPS) is 22.1. The molecule has 5 heteroatoms. The van der Waals surface area contributed by atoms with Gasteiger partial charge in [-0.1, -0.05) is 6.07 Å². The molecule has 2 aliphatic rings. The molecule has 2 unspecified atom stereocenters. The van der Waals surface area contributed by atoms with Crippen LogP contribution in [0.15, 0.2) is 18.2 Å². The number of amides is 1. The first kappa shape index (κ1) is 18.2. The Kier molecular flexibility index (Phi) is 6.45. The molecule has 2 atom stereocenters. The highest BCUT2D eigenvalue weighted by Crippen LogP contribution is 2.25. The lowest BCUT2D eigenvalue weighted by atomic mass is 9.92. The number of anilines is 1. The second kappa shape index (κ2) is 8.13. The number of nitrogens with one attached hydrogen (secondary N) is 1. The number of halogens is 1. The highest BCUT2D eigenvalue weighted by atomic mass is 35.5. The summed E-state index contributed by atoms with van der Waals surface area (Å²) in [6, 6.07) is 6.54. The Labute approximate surface area is 145 Å². The van der Waals surface area contributed by atoms with Crippen LogP contribution in [0, 0.1) is 5.92 Å². The number of carbonyl (C=O) groups is 1. The summed E-state index contributed by atoms with van der Waals surface area (Å²) in [5.41, 5.74) is 9.78. The van der Waals surface area contributed by atoms with E-state index in [-0.39, 0.29) is 24.4 Å². The van der Waals surface area contributed by atoms with E-state index in [9.17, 15) is 4.79 Å². The maximum absolute atomic E-state index is 12.3. The summed E-state index contributed by atoms with van der Waals surface area (Å²) in [5.74, 6) is 0.602. The lowest BCUT2D eigenvalue weighted by molar-refractivity contribution is -0.117. The molecule has 1 saturated heterocycles. The van der Waals surface area contributed by atoms with Gasteiger partial charge in [0.1, 0.15) is 0 Å². The number of fused-ring (bicyclic) bond motifs is 1. The summed E-state index contributed by atoms with van der Waals surface area (Å²) in [5, 5.41) is 3.05. The summed E-state index contributed by atoms with van der Waals surface area (Å²) >= 11 is 0. The quantitative estimate of drug-likeness (QED) is 0.887. The minimum absolute atomic E-state index is 0. The number of benzene rings is 1. The zero-order valence-corrected chi connectivity index (χ0v) is 14.7. The van der Waals surface area contributed by atoms with Crippen LogP contribution >= 0.6 is 12.4 Å². The molecule has 0 spiro atoms. The molecule has 128 valence electrons. The summed E-state index contributed by atoms with van der Waals surface area (Å²) in [7, 11) is 0. The SMILES string of the molecule is CC(N)C1CCCN(CC(=O)Nc2ccc3c(c2)CCC3)C1.Cl. The molecule has 1 aromatic carbocycles. The Balaban J connectivity index is 0.00000192. The van der Waals surface area contributed by atoms with E-state index in [1.54, 1.807) is 0 Å². The van der Waals surface area contributed by atoms with Crippen molar-refractivity contribution in [3.63, 3.8) is 0 Å². The van der Waals surface area contributed by atoms with Crippen LogP contribution < -0.4 is 11.1 Å². The van der Waals surface area contributed by atoms with E-state index in [0.717, 1.165) is 31.6 Å². The van der Waals surface area contributed by atoms with Gasteiger partial charge in [0, 0.05) is 18.3 Å². The van der Waals surface area contributed by atoms with Gasteiger partial charge in [-0.2, -0.15) is 0 Å².